The lowest BCUT2D eigenvalue weighted by atomic mass is 10.1. The van der Waals surface area contributed by atoms with Crippen molar-refractivity contribution in [1.82, 2.24) is 9.97 Å². The molecule has 32 heavy (non-hydrogen) atoms. The molecule has 0 unspecified atom stereocenters. The van der Waals surface area contributed by atoms with Crippen molar-refractivity contribution in [2.75, 3.05) is 17.1 Å². The molecule has 0 atom stereocenters. The molecule has 0 fully saturated rings. The van der Waals surface area contributed by atoms with Crippen molar-refractivity contribution < 1.29 is 13.2 Å². The highest BCUT2D eigenvalue weighted by Gasteiger charge is 2.20. The van der Waals surface area contributed by atoms with Gasteiger partial charge in [0.15, 0.2) is 0 Å². The molecular weight excluding hydrogens is 448 g/mol. The van der Waals surface area contributed by atoms with Gasteiger partial charge in [-0.25, -0.2) is 18.4 Å². The fraction of sp³-hybridized carbons (Fsp3) is 0.0435. The number of methoxy groups -OCH3 is 1. The molecule has 0 saturated carbocycles. The lowest BCUT2D eigenvalue weighted by Crippen LogP contribution is -2.14. The maximum Gasteiger partial charge on any atom is 0.265 e. The molecule has 4 rings (SSSR count). The van der Waals surface area contributed by atoms with Crippen LogP contribution in [-0.2, 0) is 10.0 Å². The van der Waals surface area contributed by atoms with Gasteiger partial charge >= 0.3 is 0 Å². The number of hydrogen-bond donors (Lipinski definition) is 2. The zero-order valence-electron chi connectivity index (χ0n) is 17.0. The van der Waals surface area contributed by atoms with Crippen LogP contribution in [0.25, 0.3) is 11.3 Å². The largest absolute Gasteiger partial charge is 0.495 e. The van der Waals surface area contributed by atoms with E-state index in [0.717, 1.165) is 16.9 Å². The van der Waals surface area contributed by atoms with Crippen LogP contribution in [0.2, 0.25) is 5.02 Å². The van der Waals surface area contributed by atoms with E-state index in [0.29, 0.717) is 16.5 Å². The first-order chi connectivity index (χ1) is 15.4. The quantitative estimate of drug-likeness (QED) is 0.381. The van der Waals surface area contributed by atoms with E-state index in [4.69, 9.17) is 16.3 Å². The number of anilines is 3. The Kier molecular flexibility index (Phi) is 6.25. The minimum atomic E-state index is -3.89. The van der Waals surface area contributed by atoms with Crippen molar-refractivity contribution in [3.63, 3.8) is 0 Å². The highest BCUT2D eigenvalue weighted by Crippen LogP contribution is 2.29. The van der Waals surface area contributed by atoms with E-state index >= 15 is 0 Å². The maximum atomic E-state index is 12.8. The third-order valence-corrected chi connectivity index (χ3v) is 6.20. The van der Waals surface area contributed by atoms with Crippen molar-refractivity contribution in [2.45, 2.75) is 4.90 Å². The SMILES string of the molecule is COc1ccc(Cl)cc1S(=O)(=O)Nc1ccc(Nc2cc(-c3ccccc3)ncn2)cc1. The molecule has 1 aromatic heterocycles. The number of hydrogen-bond acceptors (Lipinski definition) is 6. The van der Waals surface area contributed by atoms with E-state index in [1.165, 1.54) is 25.6 Å². The van der Waals surface area contributed by atoms with Crippen LogP contribution in [0.1, 0.15) is 0 Å². The number of nitrogens with one attached hydrogen (secondary N) is 2. The van der Waals surface area contributed by atoms with Crippen molar-refractivity contribution in [2.24, 2.45) is 0 Å². The summed E-state index contributed by atoms with van der Waals surface area (Å²) < 4.78 is 33.3. The fourth-order valence-corrected chi connectivity index (χ4v) is 4.52. The monoisotopic (exact) mass is 466 g/mol. The Hall–Kier alpha value is -3.62. The zero-order valence-corrected chi connectivity index (χ0v) is 18.6. The summed E-state index contributed by atoms with van der Waals surface area (Å²) in [4.78, 5) is 8.52. The molecule has 162 valence electrons. The maximum absolute atomic E-state index is 12.8. The van der Waals surface area contributed by atoms with Gasteiger partial charge in [0.1, 0.15) is 22.8 Å². The van der Waals surface area contributed by atoms with Crippen LogP contribution in [0.3, 0.4) is 0 Å². The van der Waals surface area contributed by atoms with Crippen LogP contribution in [0, 0.1) is 0 Å². The van der Waals surface area contributed by atoms with E-state index in [1.54, 1.807) is 30.3 Å². The first-order valence-corrected chi connectivity index (χ1v) is 11.4. The number of aromatic nitrogens is 2. The van der Waals surface area contributed by atoms with Gasteiger partial charge in [-0.15, -0.1) is 0 Å². The highest BCUT2D eigenvalue weighted by molar-refractivity contribution is 7.92. The van der Waals surface area contributed by atoms with E-state index in [2.05, 4.69) is 20.0 Å². The summed E-state index contributed by atoms with van der Waals surface area (Å²) in [5, 5.41) is 3.49. The molecule has 2 N–H and O–H groups in total. The van der Waals surface area contributed by atoms with E-state index < -0.39 is 10.0 Å². The van der Waals surface area contributed by atoms with Crippen LogP contribution >= 0.6 is 11.6 Å². The van der Waals surface area contributed by atoms with E-state index in [1.807, 2.05) is 36.4 Å². The van der Waals surface area contributed by atoms with Gasteiger partial charge in [0, 0.05) is 28.0 Å². The fourth-order valence-electron chi connectivity index (χ4n) is 3.03. The van der Waals surface area contributed by atoms with Crippen LogP contribution < -0.4 is 14.8 Å². The molecule has 0 saturated heterocycles. The van der Waals surface area contributed by atoms with Crippen molar-refractivity contribution in [3.8, 4) is 17.0 Å². The molecule has 4 aromatic rings. The summed E-state index contributed by atoms with van der Waals surface area (Å²) in [6, 6.07) is 22.8. The van der Waals surface area contributed by atoms with Gasteiger partial charge in [-0.3, -0.25) is 4.72 Å². The molecule has 0 aliphatic rings. The predicted octanol–water partition coefficient (Wildman–Crippen LogP) is 5.35. The second kappa shape index (κ2) is 9.25. The van der Waals surface area contributed by atoms with Crippen molar-refractivity contribution in [3.05, 3.63) is 90.2 Å². The van der Waals surface area contributed by atoms with E-state index in [9.17, 15) is 8.42 Å². The van der Waals surface area contributed by atoms with Gasteiger partial charge in [-0.1, -0.05) is 41.9 Å². The summed E-state index contributed by atoms with van der Waals surface area (Å²) in [6.07, 6.45) is 1.49. The van der Waals surface area contributed by atoms with Gasteiger partial charge in [0.05, 0.1) is 12.8 Å². The number of nitrogens with zero attached hydrogens (tertiary/aromatic N) is 2. The molecule has 0 aliphatic carbocycles. The number of ether oxygens (including phenoxy) is 1. The Morgan fingerprint density at radius 1 is 0.875 bits per heavy atom. The predicted molar refractivity (Wildman–Crippen MR) is 126 cm³/mol. The molecule has 7 nitrogen and oxygen atoms in total. The topological polar surface area (TPSA) is 93.2 Å². The van der Waals surface area contributed by atoms with Crippen LogP contribution in [-0.4, -0.2) is 25.5 Å². The molecule has 0 spiro atoms. The Morgan fingerprint density at radius 2 is 1.59 bits per heavy atom. The molecule has 3 aromatic carbocycles. The number of sulfonamides is 1. The molecule has 0 bridgehead atoms. The third kappa shape index (κ3) is 4.99. The summed E-state index contributed by atoms with van der Waals surface area (Å²) in [6.45, 7) is 0. The van der Waals surface area contributed by atoms with Crippen LogP contribution in [0.4, 0.5) is 17.2 Å². The molecule has 0 amide bonds. The average Bonchev–Trinajstić information content (AvgIpc) is 2.81. The molecule has 9 heteroatoms. The van der Waals surface area contributed by atoms with Crippen molar-refractivity contribution in [1.29, 1.82) is 0 Å². The van der Waals surface area contributed by atoms with Gasteiger partial charge in [-0.05, 0) is 42.5 Å². The molecule has 0 radical (unpaired) electrons. The summed E-state index contributed by atoms with van der Waals surface area (Å²) in [7, 11) is -2.49. The lowest BCUT2D eigenvalue weighted by Gasteiger charge is -2.13. The van der Waals surface area contributed by atoms with Gasteiger partial charge < -0.3 is 10.1 Å². The van der Waals surface area contributed by atoms with E-state index in [-0.39, 0.29) is 10.6 Å². The van der Waals surface area contributed by atoms with Crippen LogP contribution in [0.5, 0.6) is 5.75 Å². The minimum Gasteiger partial charge on any atom is -0.495 e. The summed E-state index contributed by atoms with van der Waals surface area (Å²) in [5.41, 5.74) is 2.92. The molecular formula is C23H19ClN4O3S. The average molecular weight is 467 g/mol. The Labute approximate surface area is 191 Å². The first-order valence-electron chi connectivity index (χ1n) is 9.55. The lowest BCUT2D eigenvalue weighted by molar-refractivity contribution is 0.403. The first kappa shape index (κ1) is 21.6. The highest BCUT2D eigenvalue weighted by atomic mass is 35.5. The smallest absolute Gasteiger partial charge is 0.265 e. The minimum absolute atomic E-state index is 0.0378. The van der Waals surface area contributed by atoms with Crippen molar-refractivity contribution >= 4 is 38.8 Å². The Balaban J connectivity index is 1.50. The summed E-state index contributed by atoms with van der Waals surface area (Å²) >= 11 is 5.96. The second-order valence-corrected chi connectivity index (χ2v) is 8.84. The van der Waals surface area contributed by atoms with Crippen LogP contribution in [0.15, 0.2) is 90.1 Å². The number of halogens is 1. The number of benzene rings is 3. The third-order valence-electron chi connectivity index (χ3n) is 4.56. The van der Waals surface area contributed by atoms with Gasteiger partial charge in [-0.2, -0.15) is 0 Å². The normalized spacial score (nSPS) is 11.1. The second-order valence-electron chi connectivity index (χ2n) is 6.76. The molecule has 0 aliphatic heterocycles. The number of rotatable bonds is 7. The Morgan fingerprint density at radius 3 is 2.31 bits per heavy atom. The zero-order chi connectivity index (χ0) is 22.6. The Bertz CT molecular complexity index is 1330. The van der Waals surface area contributed by atoms with Gasteiger partial charge in [0.25, 0.3) is 10.0 Å². The standard InChI is InChI=1S/C23H19ClN4O3S/c1-31-21-12-7-17(24)13-22(21)32(29,30)28-19-10-8-18(9-11-19)27-23-14-20(25-15-26-23)16-5-3-2-4-6-16/h2-15,28H,1H3,(H,25,26,27). The summed E-state index contributed by atoms with van der Waals surface area (Å²) in [5.74, 6) is 0.828. The van der Waals surface area contributed by atoms with Gasteiger partial charge in [0.2, 0.25) is 0 Å². The molecule has 1 heterocycles.